The smallest absolute Gasteiger partial charge is 0.123 e. The molecule has 0 N–H and O–H groups in total. The van der Waals surface area contributed by atoms with Crippen LogP contribution in [0.15, 0.2) is 78.9 Å². The van der Waals surface area contributed by atoms with Crippen molar-refractivity contribution in [1.82, 2.24) is 9.78 Å². The third kappa shape index (κ3) is 2.07. The molecule has 3 heteroatoms. The fourth-order valence-electron chi connectivity index (χ4n) is 2.67. The Bertz CT molecular complexity index is 925. The highest BCUT2D eigenvalue weighted by molar-refractivity contribution is 5.94. The molecule has 0 aliphatic rings. The van der Waals surface area contributed by atoms with Crippen molar-refractivity contribution in [2.75, 3.05) is 0 Å². The highest BCUT2D eigenvalue weighted by Gasteiger charge is 2.14. The number of para-hydroxylation sites is 1. The molecule has 0 bridgehead atoms. The van der Waals surface area contributed by atoms with Crippen molar-refractivity contribution in [3.63, 3.8) is 0 Å². The van der Waals surface area contributed by atoms with Crippen molar-refractivity contribution in [3.8, 4) is 16.9 Å². The van der Waals surface area contributed by atoms with Gasteiger partial charge in [0.15, 0.2) is 0 Å². The van der Waals surface area contributed by atoms with Gasteiger partial charge in [-0.3, -0.25) is 0 Å². The number of rotatable bonds is 2. The van der Waals surface area contributed by atoms with Crippen LogP contribution < -0.4 is 0 Å². The average molecular weight is 288 g/mol. The van der Waals surface area contributed by atoms with Gasteiger partial charge in [-0.1, -0.05) is 36.4 Å². The van der Waals surface area contributed by atoms with Gasteiger partial charge in [-0.15, -0.1) is 0 Å². The van der Waals surface area contributed by atoms with E-state index in [0.717, 1.165) is 27.8 Å². The Labute approximate surface area is 127 Å². The average Bonchev–Trinajstić information content (AvgIpc) is 2.96. The van der Waals surface area contributed by atoms with E-state index in [1.165, 1.54) is 12.1 Å². The minimum Gasteiger partial charge on any atom is -0.232 e. The van der Waals surface area contributed by atoms with Crippen LogP contribution in [0.1, 0.15) is 0 Å². The summed E-state index contributed by atoms with van der Waals surface area (Å²) in [5.74, 6) is -0.237. The van der Waals surface area contributed by atoms with E-state index in [9.17, 15) is 4.39 Å². The van der Waals surface area contributed by atoms with Gasteiger partial charge in [-0.05, 0) is 42.5 Å². The normalized spacial score (nSPS) is 11.0. The zero-order valence-electron chi connectivity index (χ0n) is 11.8. The Hall–Kier alpha value is -2.94. The summed E-state index contributed by atoms with van der Waals surface area (Å²) in [5, 5.41) is 5.76. The second-order valence-corrected chi connectivity index (χ2v) is 5.12. The maximum absolute atomic E-state index is 13.2. The molecule has 2 nitrogen and oxygen atoms in total. The van der Waals surface area contributed by atoms with Crippen molar-refractivity contribution in [2.45, 2.75) is 0 Å². The number of halogens is 1. The molecule has 0 unspecified atom stereocenters. The van der Waals surface area contributed by atoms with Crippen LogP contribution in [0, 0.1) is 5.82 Å². The van der Waals surface area contributed by atoms with Crippen molar-refractivity contribution >= 4 is 10.9 Å². The molecule has 0 radical (unpaired) electrons. The fraction of sp³-hybridized carbons (Fsp3) is 0. The molecule has 1 aromatic heterocycles. The van der Waals surface area contributed by atoms with E-state index in [1.807, 2.05) is 59.3 Å². The molecular formula is C19H13FN2. The summed E-state index contributed by atoms with van der Waals surface area (Å²) >= 11 is 0. The van der Waals surface area contributed by atoms with Crippen LogP contribution in [-0.2, 0) is 0 Å². The van der Waals surface area contributed by atoms with E-state index in [4.69, 9.17) is 5.10 Å². The van der Waals surface area contributed by atoms with E-state index in [-0.39, 0.29) is 5.82 Å². The Morgan fingerprint density at radius 2 is 1.41 bits per heavy atom. The minimum atomic E-state index is -0.237. The molecule has 0 aliphatic carbocycles. The van der Waals surface area contributed by atoms with Crippen molar-refractivity contribution < 1.29 is 4.39 Å². The summed E-state index contributed by atoms with van der Waals surface area (Å²) in [4.78, 5) is 0. The SMILES string of the molecule is Fc1ccc(-c2c3ccccc3nn2-c2ccccc2)cc1. The van der Waals surface area contributed by atoms with Crippen LogP contribution in [0.3, 0.4) is 0 Å². The Morgan fingerprint density at radius 3 is 2.18 bits per heavy atom. The standard InChI is InChI=1S/C19H13FN2/c20-15-12-10-14(11-13-15)19-17-8-4-5-9-18(17)21-22(19)16-6-2-1-3-7-16/h1-13H. The summed E-state index contributed by atoms with van der Waals surface area (Å²) in [6.45, 7) is 0. The third-order valence-electron chi connectivity index (χ3n) is 3.70. The molecule has 22 heavy (non-hydrogen) atoms. The van der Waals surface area contributed by atoms with Crippen LogP contribution in [-0.4, -0.2) is 9.78 Å². The molecule has 1 heterocycles. The van der Waals surface area contributed by atoms with Crippen LogP contribution in [0.4, 0.5) is 4.39 Å². The van der Waals surface area contributed by atoms with Gasteiger partial charge in [0.25, 0.3) is 0 Å². The van der Waals surface area contributed by atoms with Gasteiger partial charge in [0.2, 0.25) is 0 Å². The number of hydrogen-bond acceptors (Lipinski definition) is 1. The van der Waals surface area contributed by atoms with Gasteiger partial charge in [0, 0.05) is 10.9 Å². The lowest BCUT2D eigenvalue weighted by Crippen LogP contribution is -1.98. The molecule has 0 spiro atoms. The molecule has 0 amide bonds. The quantitative estimate of drug-likeness (QED) is 0.516. The minimum absolute atomic E-state index is 0.237. The predicted octanol–water partition coefficient (Wildman–Crippen LogP) is 4.83. The molecule has 0 fully saturated rings. The zero-order chi connectivity index (χ0) is 14.9. The molecule has 106 valence electrons. The van der Waals surface area contributed by atoms with E-state index >= 15 is 0 Å². The molecule has 0 atom stereocenters. The fourth-order valence-corrected chi connectivity index (χ4v) is 2.67. The number of fused-ring (bicyclic) bond motifs is 1. The van der Waals surface area contributed by atoms with Gasteiger partial charge in [-0.2, -0.15) is 5.10 Å². The van der Waals surface area contributed by atoms with E-state index < -0.39 is 0 Å². The first-order chi connectivity index (χ1) is 10.8. The lowest BCUT2D eigenvalue weighted by Gasteiger charge is -2.08. The topological polar surface area (TPSA) is 17.8 Å². The Balaban J connectivity index is 2.04. The first kappa shape index (κ1) is 12.8. The van der Waals surface area contributed by atoms with Gasteiger partial charge in [0.1, 0.15) is 5.82 Å². The molecule has 4 rings (SSSR count). The molecule has 3 aromatic carbocycles. The largest absolute Gasteiger partial charge is 0.232 e. The summed E-state index contributed by atoms with van der Waals surface area (Å²) in [7, 11) is 0. The number of benzene rings is 3. The van der Waals surface area contributed by atoms with Crippen LogP contribution in [0.2, 0.25) is 0 Å². The van der Waals surface area contributed by atoms with Gasteiger partial charge in [-0.25, -0.2) is 9.07 Å². The van der Waals surface area contributed by atoms with E-state index in [0.29, 0.717) is 0 Å². The van der Waals surface area contributed by atoms with Crippen molar-refractivity contribution in [2.24, 2.45) is 0 Å². The zero-order valence-corrected chi connectivity index (χ0v) is 11.8. The summed E-state index contributed by atoms with van der Waals surface area (Å²) in [6.07, 6.45) is 0. The molecule has 4 aromatic rings. The number of nitrogens with zero attached hydrogens (tertiary/aromatic N) is 2. The highest BCUT2D eigenvalue weighted by atomic mass is 19.1. The third-order valence-corrected chi connectivity index (χ3v) is 3.70. The first-order valence-electron chi connectivity index (χ1n) is 7.12. The van der Waals surface area contributed by atoms with Crippen LogP contribution in [0.5, 0.6) is 0 Å². The second kappa shape index (κ2) is 5.11. The molecule has 0 aliphatic heterocycles. The van der Waals surface area contributed by atoms with Crippen molar-refractivity contribution in [3.05, 3.63) is 84.7 Å². The Morgan fingerprint density at radius 1 is 0.727 bits per heavy atom. The maximum Gasteiger partial charge on any atom is 0.123 e. The second-order valence-electron chi connectivity index (χ2n) is 5.12. The molecule has 0 saturated carbocycles. The molecule has 0 saturated heterocycles. The lowest BCUT2D eigenvalue weighted by atomic mass is 10.1. The summed E-state index contributed by atoms with van der Waals surface area (Å²) in [5.41, 5.74) is 3.82. The first-order valence-corrected chi connectivity index (χ1v) is 7.12. The Kier molecular flexibility index (Phi) is 2.97. The van der Waals surface area contributed by atoms with Gasteiger partial charge in [0.05, 0.1) is 16.9 Å². The van der Waals surface area contributed by atoms with E-state index in [1.54, 1.807) is 12.1 Å². The van der Waals surface area contributed by atoms with E-state index in [2.05, 4.69) is 0 Å². The highest BCUT2D eigenvalue weighted by Crippen LogP contribution is 2.31. The van der Waals surface area contributed by atoms with Gasteiger partial charge < -0.3 is 0 Å². The number of hydrogen-bond donors (Lipinski definition) is 0. The summed E-state index contributed by atoms with van der Waals surface area (Å²) < 4.78 is 15.2. The van der Waals surface area contributed by atoms with Gasteiger partial charge >= 0.3 is 0 Å². The maximum atomic E-state index is 13.2. The monoisotopic (exact) mass is 288 g/mol. The predicted molar refractivity (Wildman–Crippen MR) is 86.5 cm³/mol. The lowest BCUT2D eigenvalue weighted by molar-refractivity contribution is 0.628. The van der Waals surface area contributed by atoms with Crippen molar-refractivity contribution in [1.29, 1.82) is 0 Å². The summed E-state index contributed by atoms with van der Waals surface area (Å²) in [6, 6.07) is 24.5. The number of aromatic nitrogens is 2. The van der Waals surface area contributed by atoms with Crippen LogP contribution >= 0.6 is 0 Å². The van der Waals surface area contributed by atoms with Crippen LogP contribution in [0.25, 0.3) is 27.8 Å². The molecular weight excluding hydrogens is 275 g/mol.